The van der Waals surface area contributed by atoms with Crippen LogP contribution in [0.4, 0.5) is 0 Å². The van der Waals surface area contributed by atoms with E-state index in [1.165, 1.54) is 5.57 Å². The molecule has 1 unspecified atom stereocenters. The van der Waals surface area contributed by atoms with Crippen LogP contribution in [0.1, 0.15) is 32.4 Å². The number of H-pyrrole nitrogens is 1. The number of allylic oxidation sites excluding steroid dienone is 1. The average molecular weight is 292 g/mol. The van der Waals surface area contributed by atoms with Gasteiger partial charge in [0, 0.05) is 23.7 Å². The number of nitrogens with one attached hydrogen (secondary N) is 1. The van der Waals surface area contributed by atoms with Crippen molar-refractivity contribution in [1.29, 1.82) is 0 Å². The molecule has 106 valence electrons. The van der Waals surface area contributed by atoms with Crippen molar-refractivity contribution in [2.24, 2.45) is 0 Å². The van der Waals surface area contributed by atoms with Gasteiger partial charge in [0.05, 0.1) is 17.1 Å². The van der Waals surface area contributed by atoms with Crippen LogP contribution in [0.5, 0.6) is 0 Å². The van der Waals surface area contributed by atoms with Gasteiger partial charge in [-0.25, -0.2) is 4.79 Å². The molecular formula is C15H18ClN3O. The Morgan fingerprint density at radius 1 is 1.40 bits per heavy atom. The molecule has 4 nitrogen and oxygen atoms in total. The van der Waals surface area contributed by atoms with Crippen LogP contribution in [0, 0.1) is 0 Å². The van der Waals surface area contributed by atoms with Crippen molar-refractivity contribution < 1.29 is 0 Å². The molecule has 0 amide bonds. The van der Waals surface area contributed by atoms with E-state index in [0.717, 1.165) is 23.1 Å². The monoisotopic (exact) mass is 291 g/mol. The SMILES string of the molecule is CC(C)=CN1CCn2c(=O)[nH]c3cc(Cl)cc(c32)C1C. The molecule has 0 bridgehead atoms. The Morgan fingerprint density at radius 2 is 2.15 bits per heavy atom. The lowest BCUT2D eigenvalue weighted by atomic mass is 10.1. The van der Waals surface area contributed by atoms with Crippen LogP contribution in [0.3, 0.4) is 0 Å². The Balaban J connectivity index is 2.26. The number of aromatic nitrogens is 2. The third-order valence-corrected chi connectivity index (χ3v) is 4.03. The zero-order valence-corrected chi connectivity index (χ0v) is 12.7. The van der Waals surface area contributed by atoms with E-state index < -0.39 is 0 Å². The van der Waals surface area contributed by atoms with Gasteiger partial charge in [-0.1, -0.05) is 17.2 Å². The largest absolute Gasteiger partial charge is 0.369 e. The predicted molar refractivity (Wildman–Crippen MR) is 82.1 cm³/mol. The molecule has 5 heteroatoms. The van der Waals surface area contributed by atoms with Crippen LogP contribution < -0.4 is 5.69 Å². The highest BCUT2D eigenvalue weighted by atomic mass is 35.5. The van der Waals surface area contributed by atoms with Crippen molar-refractivity contribution in [3.8, 4) is 0 Å². The highest BCUT2D eigenvalue weighted by Crippen LogP contribution is 2.32. The Morgan fingerprint density at radius 3 is 2.85 bits per heavy atom. The van der Waals surface area contributed by atoms with Gasteiger partial charge < -0.3 is 9.88 Å². The van der Waals surface area contributed by atoms with Crippen molar-refractivity contribution in [2.45, 2.75) is 33.4 Å². The van der Waals surface area contributed by atoms with Crippen molar-refractivity contribution >= 4 is 22.6 Å². The minimum absolute atomic E-state index is 0.0604. The molecule has 0 fully saturated rings. The standard InChI is InChI=1S/C15H18ClN3O/c1-9(2)8-18-4-5-19-14-12(10(18)3)6-11(16)7-13(14)17-15(19)20/h6-8,10H,4-5H2,1-3H3,(H,17,20). The van der Waals surface area contributed by atoms with E-state index in [9.17, 15) is 4.79 Å². The van der Waals surface area contributed by atoms with Crippen LogP contribution in [-0.2, 0) is 6.54 Å². The topological polar surface area (TPSA) is 41.0 Å². The summed E-state index contributed by atoms with van der Waals surface area (Å²) in [6.07, 6.45) is 2.15. The van der Waals surface area contributed by atoms with Gasteiger partial charge >= 0.3 is 5.69 Å². The maximum atomic E-state index is 12.1. The number of hydrogen-bond acceptors (Lipinski definition) is 2. The van der Waals surface area contributed by atoms with E-state index in [2.05, 4.69) is 36.9 Å². The second-order valence-corrected chi connectivity index (χ2v) is 6.03. The first-order valence-electron chi connectivity index (χ1n) is 6.80. The Kier molecular flexibility index (Phi) is 3.13. The van der Waals surface area contributed by atoms with Crippen LogP contribution in [0.25, 0.3) is 11.0 Å². The summed E-state index contributed by atoms with van der Waals surface area (Å²) < 4.78 is 1.82. The second kappa shape index (κ2) is 4.70. The van der Waals surface area contributed by atoms with Crippen LogP contribution in [0.15, 0.2) is 28.7 Å². The zero-order chi connectivity index (χ0) is 14.4. The van der Waals surface area contributed by atoms with E-state index in [1.54, 1.807) is 0 Å². The maximum Gasteiger partial charge on any atom is 0.326 e. The summed E-state index contributed by atoms with van der Waals surface area (Å²) in [6, 6.07) is 3.98. The quantitative estimate of drug-likeness (QED) is 0.876. The first kappa shape index (κ1) is 13.3. The number of rotatable bonds is 1. The smallest absolute Gasteiger partial charge is 0.326 e. The summed E-state index contributed by atoms with van der Waals surface area (Å²) in [7, 11) is 0. The molecule has 1 aliphatic heterocycles. The molecule has 1 aromatic carbocycles. The average Bonchev–Trinajstić information content (AvgIpc) is 2.60. The molecule has 1 aliphatic rings. The lowest BCUT2D eigenvalue weighted by Gasteiger charge is -2.26. The first-order chi connectivity index (χ1) is 9.47. The van der Waals surface area contributed by atoms with Gasteiger partial charge in [-0.05, 0) is 39.1 Å². The summed E-state index contributed by atoms with van der Waals surface area (Å²) in [5, 5.41) is 0.659. The summed E-state index contributed by atoms with van der Waals surface area (Å²) >= 11 is 6.20. The Labute approximate surface area is 122 Å². The number of imidazole rings is 1. The molecule has 1 N–H and O–H groups in total. The van der Waals surface area contributed by atoms with Gasteiger partial charge in [0.25, 0.3) is 0 Å². The number of halogens is 1. The number of benzene rings is 1. The highest BCUT2D eigenvalue weighted by Gasteiger charge is 2.23. The molecule has 1 atom stereocenters. The highest BCUT2D eigenvalue weighted by molar-refractivity contribution is 6.31. The van der Waals surface area contributed by atoms with Gasteiger partial charge in [0.15, 0.2) is 0 Å². The molecule has 0 saturated heterocycles. The molecule has 2 heterocycles. The van der Waals surface area contributed by atoms with Crippen LogP contribution >= 0.6 is 11.6 Å². The van der Waals surface area contributed by atoms with Gasteiger partial charge in [-0.3, -0.25) is 4.57 Å². The van der Waals surface area contributed by atoms with Gasteiger partial charge in [-0.2, -0.15) is 0 Å². The van der Waals surface area contributed by atoms with E-state index in [4.69, 9.17) is 11.6 Å². The zero-order valence-electron chi connectivity index (χ0n) is 11.9. The lowest BCUT2D eigenvalue weighted by molar-refractivity contribution is 0.294. The van der Waals surface area contributed by atoms with E-state index in [-0.39, 0.29) is 11.7 Å². The summed E-state index contributed by atoms with van der Waals surface area (Å²) in [5.41, 5.74) is 4.09. The fourth-order valence-corrected chi connectivity index (χ4v) is 3.16. The van der Waals surface area contributed by atoms with Crippen molar-refractivity contribution in [3.05, 3.63) is 45.0 Å². The molecule has 20 heavy (non-hydrogen) atoms. The molecule has 3 rings (SSSR count). The van der Waals surface area contributed by atoms with E-state index in [1.807, 2.05) is 16.7 Å². The van der Waals surface area contributed by atoms with Crippen molar-refractivity contribution in [1.82, 2.24) is 14.5 Å². The Hall–Kier alpha value is -1.68. The molecule has 0 saturated carbocycles. The minimum atomic E-state index is -0.0604. The summed E-state index contributed by atoms with van der Waals surface area (Å²) in [5.74, 6) is 0. The maximum absolute atomic E-state index is 12.1. The third-order valence-electron chi connectivity index (χ3n) is 3.81. The van der Waals surface area contributed by atoms with Crippen LogP contribution in [0.2, 0.25) is 5.02 Å². The van der Waals surface area contributed by atoms with Gasteiger partial charge in [-0.15, -0.1) is 0 Å². The molecule has 0 spiro atoms. The first-order valence-corrected chi connectivity index (χ1v) is 7.18. The fourth-order valence-electron chi connectivity index (χ4n) is 2.93. The summed E-state index contributed by atoms with van der Waals surface area (Å²) in [4.78, 5) is 17.2. The number of aromatic amines is 1. The predicted octanol–water partition coefficient (Wildman–Crippen LogP) is 3.28. The van der Waals surface area contributed by atoms with Crippen molar-refractivity contribution in [3.63, 3.8) is 0 Å². The minimum Gasteiger partial charge on any atom is -0.369 e. The van der Waals surface area contributed by atoms with Gasteiger partial charge in [0.1, 0.15) is 0 Å². The second-order valence-electron chi connectivity index (χ2n) is 5.59. The van der Waals surface area contributed by atoms with Crippen LogP contribution in [-0.4, -0.2) is 21.0 Å². The summed E-state index contributed by atoms with van der Waals surface area (Å²) in [6.45, 7) is 7.81. The molecule has 0 aliphatic carbocycles. The van der Waals surface area contributed by atoms with Crippen molar-refractivity contribution in [2.75, 3.05) is 6.54 Å². The van der Waals surface area contributed by atoms with E-state index in [0.29, 0.717) is 11.6 Å². The van der Waals surface area contributed by atoms with Gasteiger partial charge in [0.2, 0.25) is 0 Å². The molecule has 0 radical (unpaired) electrons. The fraction of sp³-hybridized carbons (Fsp3) is 0.400. The number of hydrogen-bond donors (Lipinski definition) is 1. The number of nitrogens with zero attached hydrogens (tertiary/aromatic N) is 2. The molecule has 2 aromatic rings. The lowest BCUT2D eigenvalue weighted by Crippen LogP contribution is -2.26. The molecular weight excluding hydrogens is 274 g/mol. The Bertz CT molecular complexity index is 752. The molecule has 1 aromatic heterocycles. The normalized spacial score (nSPS) is 18.2. The van der Waals surface area contributed by atoms with E-state index >= 15 is 0 Å². The third kappa shape index (κ3) is 2.04.